The zero-order chi connectivity index (χ0) is 16.9. The Morgan fingerprint density at radius 1 is 1.43 bits per heavy atom. The highest BCUT2D eigenvalue weighted by atomic mass is 35.5. The minimum absolute atomic E-state index is 0.00454. The van der Waals surface area contributed by atoms with Crippen molar-refractivity contribution in [1.82, 2.24) is 0 Å². The maximum atomic E-state index is 11.5. The van der Waals surface area contributed by atoms with Crippen LogP contribution in [0.3, 0.4) is 0 Å². The minimum atomic E-state index is -0.396. The molecule has 2 aromatic rings. The van der Waals surface area contributed by atoms with E-state index in [1.54, 1.807) is 18.2 Å². The highest BCUT2D eigenvalue weighted by Gasteiger charge is 2.38. The molecule has 0 amide bonds. The Morgan fingerprint density at radius 2 is 2.13 bits per heavy atom. The number of phenolic OH excluding ortho intramolecular Hbond substituents is 1. The number of benzene rings is 2. The van der Waals surface area contributed by atoms with E-state index >= 15 is 0 Å². The summed E-state index contributed by atoms with van der Waals surface area (Å²) in [6.45, 7) is 6.92. The van der Waals surface area contributed by atoms with Crippen molar-refractivity contribution in [2.45, 2.75) is 32.2 Å². The van der Waals surface area contributed by atoms with Gasteiger partial charge in [-0.15, -0.1) is 11.6 Å². The molecule has 0 bridgehead atoms. The van der Waals surface area contributed by atoms with Gasteiger partial charge in [0.15, 0.2) is 0 Å². The third kappa shape index (κ3) is 2.39. The molecular formula is C17H19ClN2O3. The first-order valence-corrected chi connectivity index (χ1v) is 8.05. The van der Waals surface area contributed by atoms with Crippen molar-refractivity contribution in [3.8, 4) is 5.75 Å². The summed E-state index contributed by atoms with van der Waals surface area (Å²) >= 11 is 6.16. The summed E-state index contributed by atoms with van der Waals surface area (Å²) in [6, 6.07) is 6.49. The number of nitro groups is 1. The summed E-state index contributed by atoms with van der Waals surface area (Å²) in [5.74, 6) is 0.438. The first kappa shape index (κ1) is 15.9. The monoisotopic (exact) mass is 334 g/mol. The second kappa shape index (κ2) is 5.27. The van der Waals surface area contributed by atoms with Gasteiger partial charge in [0.2, 0.25) is 0 Å². The van der Waals surface area contributed by atoms with Crippen LogP contribution >= 0.6 is 11.6 Å². The summed E-state index contributed by atoms with van der Waals surface area (Å²) in [4.78, 5) is 13.2. The van der Waals surface area contributed by atoms with Crippen LogP contribution in [0.1, 0.15) is 32.3 Å². The number of hydrogen-bond acceptors (Lipinski definition) is 4. The first-order chi connectivity index (χ1) is 10.8. The SMILES string of the molecule is CC(C)(C)N1C[C@@H](CCl)c2c1cc(O)c1cccc([N+](=O)[O-])c21. The molecular weight excluding hydrogens is 316 g/mol. The second-order valence-corrected chi connectivity index (χ2v) is 7.23. The highest BCUT2D eigenvalue weighted by molar-refractivity contribution is 6.19. The normalized spacial score (nSPS) is 17.6. The van der Waals surface area contributed by atoms with Gasteiger partial charge in [0, 0.05) is 47.1 Å². The molecule has 0 radical (unpaired) electrons. The van der Waals surface area contributed by atoms with Gasteiger partial charge in [-0.25, -0.2) is 0 Å². The Kier molecular flexibility index (Phi) is 3.64. The third-order valence-electron chi connectivity index (χ3n) is 4.43. The van der Waals surface area contributed by atoms with Crippen LogP contribution in [0, 0.1) is 10.1 Å². The van der Waals surface area contributed by atoms with Crippen LogP contribution in [0.5, 0.6) is 5.75 Å². The van der Waals surface area contributed by atoms with Crippen molar-refractivity contribution in [3.63, 3.8) is 0 Å². The molecule has 1 atom stereocenters. The van der Waals surface area contributed by atoms with Crippen molar-refractivity contribution in [3.05, 3.63) is 39.9 Å². The second-order valence-electron chi connectivity index (χ2n) is 6.92. The number of phenols is 1. The lowest BCUT2D eigenvalue weighted by atomic mass is 9.94. The number of hydrogen-bond donors (Lipinski definition) is 1. The minimum Gasteiger partial charge on any atom is -0.507 e. The number of non-ortho nitro benzene ring substituents is 1. The van der Waals surface area contributed by atoms with Gasteiger partial charge in [0.05, 0.1) is 10.3 Å². The van der Waals surface area contributed by atoms with E-state index in [-0.39, 0.29) is 22.9 Å². The number of anilines is 1. The molecule has 0 aliphatic carbocycles. The maximum Gasteiger partial charge on any atom is 0.277 e. The maximum absolute atomic E-state index is 11.5. The van der Waals surface area contributed by atoms with Gasteiger partial charge in [-0.2, -0.15) is 0 Å². The van der Waals surface area contributed by atoms with Crippen molar-refractivity contribution in [2.75, 3.05) is 17.3 Å². The van der Waals surface area contributed by atoms with Crippen LogP contribution in [-0.2, 0) is 0 Å². The molecule has 0 fully saturated rings. The number of alkyl halides is 1. The lowest BCUT2D eigenvalue weighted by Crippen LogP contribution is -2.40. The summed E-state index contributed by atoms with van der Waals surface area (Å²) in [6.07, 6.45) is 0. The van der Waals surface area contributed by atoms with Crippen LogP contribution in [0.25, 0.3) is 10.8 Å². The number of aromatic hydroxyl groups is 1. The summed E-state index contributed by atoms with van der Waals surface area (Å²) in [7, 11) is 0. The average molecular weight is 335 g/mol. The zero-order valence-electron chi connectivity index (χ0n) is 13.3. The van der Waals surface area contributed by atoms with E-state index in [4.69, 9.17) is 11.6 Å². The van der Waals surface area contributed by atoms with Crippen LogP contribution in [-0.4, -0.2) is 28.0 Å². The number of nitrogens with zero attached hydrogens (tertiary/aromatic N) is 2. The van der Waals surface area contributed by atoms with Crippen LogP contribution < -0.4 is 4.90 Å². The predicted octanol–water partition coefficient (Wildman–Crippen LogP) is 4.39. The van der Waals surface area contributed by atoms with Crippen LogP contribution in [0.4, 0.5) is 11.4 Å². The number of nitro benzene ring substituents is 1. The Hall–Kier alpha value is -2.01. The summed E-state index contributed by atoms with van der Waals surface area (Å²) in [5.41, 5.74) is 1.55. The standard InChI is InChI=1S/C17H19ClN2O3/c1-17(2,3)19-9-10(8-18)15-13(19)7-14(21)11-5-4-6-12(16(11)15)20(22)23/h4-7,10,21H,8-9H2,1-3H3/t10-/m1/s1. The van der Waals surface area contributed by atoms with E-state index in [2.05, 4.69) is 25.7 Å². The topological polar surface area (TPSA) is 66.6 Å². The molecule has 5 nitrogen and oxygen atoms in total. The average Bonchev–Trinajstić information content (AvgIpc) is 2.85. The highest BCUT2D eigenvalue weighted by Crippen LogP contribution is 2.49. The van der Waals surface area contributed by atoms with Crippen LogP contribution in [0.2, 0.25) is 0 Å². The third-order valence-corrected chi connectivity index (χ3v) is 4.80. The molecule has 6 heteroatoms. The van der Waals surface area contributed by atoms with Crippen molar-refractivity contribution in [1.29, 1.82) is 0 Å². The summed E-state index contributed by atoms with van der Waals surface area (Å²) in [5, 5.41) is 22.9. The van der Waals surface area contributed by atoms with Gasteiger partial charge < -0.3 is 10.0 Å². The molecule has 3 rings (SSSR count). The molecule has 0 spiro atoms. The van der Waals surface area contributed by atoms with E-state index in [9.17, 15) is 15.2 Å². The largest absolute Gasteiger partial charge is 0.507 e. The number of rotatable bonds is 2. The van der Waals surface area contributed by atoms with E-state index in [1.165, 1.54) is 6.07 Å². The molecule has 23 heavy (non-hydrogen) atoms. The van der Waals surface area contributed by atoms with Crippen molar-refractivity contribution in [2.24, 2.45) is 0 Å². The van der Waals surface area contributed by atoms with E-state index in [0.29, 0.717) is 23.2 Å². The molecule has 1 aliphatic rings. The van der Waals surface area contributed by atoms with Gasteiger partial charge in [-0.3, -0.25) is 10.1 Å². The Labute approximate surface area is 139 Å². The smallest absolute Gasteiger partial charge is 0.277 e. The van der Waals surface area contributed by atoms with Crippen LogP contribution in [0.15, 0.2) is 24.3 Å². The van der Waals surface area contributed by atoms with Crippen molar-refractivity contribution >= 4 is 33.7 Å². The molecule has 2 aromatic carbocycles. The molecule has 0 saturated carbocycles. The van der Waals surface area contributed by atoms with E-state index in [0.717, 1.165) is 11.3 Å². The Bertz CT molecular complexity index is 799. The Morgan fingerprint density at radius 3 is 2.70 bits per heavy atom. The van der Waals surface area contributed by atoms with E-state index < -0.39 is 4.92 Å². The van der Waals surface area contributed by atoms with E-state index in [1.807, 2.05) is 0 Å². The Balaban J connectivity index is 2.42. The molecule has 1 aliphatic heterocycles. The molecule has 122 valence electrons. The first-order valence-electron chi connectivity index (χ1n) is 7.52. The molecule has 1 heterocycles. The lowest BCUT2D eigenvalue weighted by molar-refractivity contribution is -0.383. The fourth-order valence-electron chi connectivity index (χ4n) is 3.41. The van der Waals surface area contributed by atoms with Gasteiger partial charge in [0.1, 0.15) is 5.75 Å². The fraction of sp³-hybridized carbons (Fsp3) is 0.412. The quantitative estimate of drug-likeness (QED) is 0.502. The van der Waals surface area contributed by atoms with Gasteiger partial charge in [-0.1, -0.05) is 12.1 Å². The zero-order valence-corrected chi connectivity index (χ0v) is 14.1. The molecule has 0 unspecified atom stereocenters. The van der Waals surface area contributed by atoms with Crippen molar-refractivity contribution < 1.29 is 10.0 Å². The molecule has 0 aromatic heterocycles. The fourth-order valence-corrected chi connectivity index (χ4v) is 3.66. The lowest BCUT2D eigenvalue weighted by Gasteiger charge is -2.35. The summed E-state index contributed by atoms with van der Waals surface area (Å²) < 4.78 is 0. The molecule has 0 saturated heterocycles. The number of halogens is 1. The predicted molar refractivity (Wildman–Crippen MR) is 92.8 cm³/mol. The van der Waals surface area contributed by atoms with Gasteiger partial charge in [0.25, 0.3) is 5.69 Å². The van der Waals surface area contributed by atoms with Gasteiger partial charge >= 0.3 is 0 Å². The van der Waals surface area contributed by atoms with Gasteiger partial charge in [-0.05, 0) is 26.3 Å². The number of fused-ring (bicyclic) bond motifs is 3. The molecule has 1 N–H and O–H groups in total.